The van der Waals surface area contributed by atoms with Crippen molar-refractivity contribution >= 4 is 53.2 Å². The number of hydrogen-bond donors (Lipinski definition) is 2. The van der Waals surface area contributed by atoms with Gasteiger partial charge in [0.05, 0.1) is 28.0 Å². The van der Waals surface area contributed by atoms with Crippen LogP contribution in [0.3, 0.4) is 0 Å². The first-order valence-corrected chi connectivity index (χ1v) is 14.6. The Balaban J connectivity index is 1.30. The van der Waals surface area contributed by atoms with E-state index in [9.17, 15) is 9.59 Å². The van der Waals surface area contributed by atoms with Crippen LogP contribution >= 0.6 is 35.1 Å². The zero-order chi connectivity index (χ0) is 27.6. The van der Waals surface area contributed by atoms with Crippen molar-refractivity contribution in [2.24, 2.45) is 5.10 Å². The fourth-order valence-corrected chi connectivity index (χ4v) is 6.73. The van der Waals surface area contributed by atoms with Crippen LogP contribution < -0.4 is 19.6 Å². The van der Waals surface area contributed by atoms with Crippen LogP contribution in [0.25, 0.3) is 0 Å². The molecule has 0 aliphatic carbocycles. The number of carbonyl (C=O) groups excluding carboxylic acids is 1. The van der Waals surface area contributed by atoms with Crippen molar-refractivity contribution in [3.8, 4) is 17.2 Å². The minimum atomic E-state index is -0.993. The summed E-state index contributed by atoms with van der Waals surface area (Å²) in [6.07, 6.45) is 1.45. The van der Waals surface area contributed by atoms with E-state index < -0.39 is 11.9 Å². The van der Waals surface area contributed by atoms with Crippen molar-refractivity contribution in [2.45, 2.75) is 18.1 Å². The quantitative estimate of drug-likeness (QED) is 0.196. The number of hydrogen-bond acceptors (Lipinski definition) is 8. The van der Waals surface area contributed by atoms with Gasteiger partial charge in [-0.15, -0.1) is 23.5 Å². The molecule has 39 heavy (non-hydrogen) atoms. The molecule has 1 aliphatic rings. The van der Waals surface area contributed by atoms with Crippen molar-refractivity contribution in [3.05, 3.63) is 87.9 Å². The highest BCUT2D eigenvalue weighted by Crippen LogP contribution is 2.45. The van der Waals surface area contributed by atoms with Gasteiger partial charge < -0.3 is 19.3 Å². The summed E-state index contributed by atoms with van der Waals surface area (Å²) in [5.74, 6) is 2.32. The van der Waals surface area contributed by atoms with Gasteiger partial charge in [-0.05, 0) is 60.0 Å². The van der Waals surface area contributed by atoms with E-state index >= 15 is 0 Å². The number of thioether (sulfide) groups is 2. The van der Waals surface area contributed by atoms with Gasteiger partial charge in [0.25, 0.3) is 5.91 Å². The van der Waals surface area contributed by atoms with Crippen LogP contribution in [0.4, 0.5) is 0 Å². The van der Waals surface area contributed by atoms with Gasteiger partial charge in [-0.2, -0.15) is 5.10 Å². The van der Waals surface area contributed by atoms with Crippen LogP contribution in [0.2, 0.25) is 5.02 Å². The maximum Gasteiger partial charge on any atom is 0.335 e. The summed E-state index contributed by atoms with van der Waals surface area (Å²) < 4.78 is 17.6. The number of halogens is 1. The molecular weight excluding hydrogens is 560 g/mol. The Morgan fingerprint density at radius 2 is 1.77 bits per heavy atom. The van der Waals surface area contributed by atoms with Gasteiger partial charge in [0, 0.05) is 11.5 Å². The molecule has 1 fully saturated rings. The molecule has 0 saturated carbocycles. The first-order valence-electron chi connectivity index (χ1n) is 12.1. The van der Waals surface area contributed by atoms with E-state index in [1.165, 1.54) is 23.9 Å². The summed E-state index contributed by atoms with van der Waals surface area (Å²) in [5.41, 5.74) is 5.26. The molecule has 1 saturated heterocycles. The van der Waals surface area contributed by atoms with Gasteiger partial charge in [0.1, 0.15) is 12.4 Å². The second-order valence-electron chi connectivity index (χ2n) is 8.28. The summed E-state index contributed by atoms with van der Waals surface area (Å²) in [7, 11) is 0. The molecule has 0 spiro atoms. The van der Waals surface area contributed by atoms with E-state index in [1.807, 2.05) is 54.7 Å². The largest absolute Gasteiger partial charge is 0.490 e. The van der Waals surface area contributed by atoms with Gasteiger partial charge in [-0.3, -0.25) is 4.79 Å². The number of nitrogens with one attached hydrogen (secondary N) is 1. The highest BCUT2D eigenvalue weighted by atomic mass is 35.5. The predicted molar refractivity (Wildman–Crippen MR) is 156 cm³/mol. The second-order valence-corrected chi connectivity index (χ2v) is 11.4. The standard InChI is InChI=1S/C28H27ClN2O6S2/c1-2-35-24-14-19(13-23(29)26(24)37-16-18-3-5-20(6-4-18)27(33)34)15-30-31-25(32)17-36-22-9-7-21(8-10-22)28-38-11-12-39-28/h3-10,13-15,28H,2,11-12,16-17H2,1H3,(H,31,32)(H,33,34)/b30-15-. The number of carbonyl (C=O) groups is 2. The number of ether oxygens (including phenoxy) is 3. The minimum Gasteiger partial charge on any atom is -0.490 e. The number of aromatic carboxylic acids is 1. The highest BCUT2D eigenvalue weighted by Gasteiger charge is 2.18. The Hall–Kier alpha value is -3.34. The Bertz CT molecular complexity index is 1310. The van der Waals surface area contributed by atoms with Gasteiger partial charge in [0.15, 0.2) is 18.1 Å². The molecule has 0 atom stereocenters. The number of nitrogens with zero attached hydrogens (tertiary/aromatic N) is 1. The zero-order valence-corrected chi connectivity index (χ0v) is 23.5. The topological polar surface area (TPSA) is 106 Å². The molecule has 0 bridgehead atoms. The van der Waals surface area contributed by atoms with Gasteiger partial charge in [-0.1, -0.05) is 35.9 Å². The van der Waals surface area contributed by atoms with Crippen molar-refractivity contribution in [2.75, 3.05) is 24.7 Å². The van der Waals surface area contributed by atoms with E-state index in [0.29, 0.717) is 39.0 Å². The van der Waals surface area contributed by atoms with Crippen LogP contribution in [-0.2, 0) is 11.4 Å². The third kappa shape index (κ3) is 8.32. The molecule has 204 valence electrons. The number of benzene rings is 3. The summed E-state index contributed by atoms with van der Waals surface area (Å²) >= 11 is 10.3. The first-order chi connectivity index (χ1) is 18.9. The smallest absolute Gasteiger partial charge is 0.335 e. The molecule has 0 radical (unpaired) electrons. The fourth-order valence-electron chi connectivity index (χ4n) is 3.60. The van der Waals surface area contributed by atoms with Gasteiger partial charge in [-0.25, -0.2) is 10.2 Å². The van der Waals surface area contributed by atoms with Crippen LogP contribution in [0, 0.1) is 0 Å². The lowest BCUT2D eigenvalue weighted by molar-refractivity contribution is -0.123. The van der Waals surface area contributed by atoms with E-state index in [1.54, 1.807) is 24.3 Å². The SMILES string of the molecule is CCOc1cc(/C=N\NC(=O)COc2ccc(C3SCCS3)cc2)cc(Cl)c1OCc1ccc(C(=O)O)cc1. The number of amides is 1. The fraction of sp³-hybridized carbons (Fsp3) is 0.250. The van der Waals surface area contributed by atoms with Crippen LogP contribution in [0.15, 0.2) is 65.8 Å². The average Bonchev–Trinajstić information content (AvgIpc) is 3.47. The highest BCUT2D eigenvalue weighted by molar-refractivity contribution is 8.19. The van der Waals surface area contributed by atoms with Crippen LogP contribution in [-0.4, -0.2) is 47.9 Å². The van der Waals surface area contributed by atoms with E-state index in [2.05, 4.69) is 10.5 Å². The molecule has 3 aromatic carbocycles. The second kappa shape index (κ2) is 14.2. The normalized spacial score (nSPS) is 13.4. The van der Waals surface area contributed by atoms with Gasteiger partial charge >= 0.3 is 5.97 Å². The van der Waals surface area contributed by atoms with Gasteiger partial charge in [0.2, 0.25) is 0 Å². The number of carboxylic acids is 1. The molecule has 0 unspecified atom stereocenters. The summed E-state index contributed by atoms with van der Waals surface area (Å²) in [6, 6.07) is 17.5. The summed E-state index contributed by atoms with van der Waals surface area (Å²) in [6.45, 7) is 2.22. The Kier molecular flexibility index (Phi) is 10.4. The lowest BCUT2D eigenvalue weighted by atomic mass is 10.1. The number of hydrazone groups is 1. The minimum absolute atomic E-state index is 0.171. The molecular formula is C28H27ClN2O6S2. The maximum absolute atomic E-state index is 12.2. The molecule has 1 aliphatic heterocycles. The summed E-state index contributed by atoms with van der Waals surface area (Å²) in [5, 5.41) is 13.3. The molecule has 2 N–H and O–H groups in total. The number of carboxylic acid groups (broad SMARTS) is 1. The monoisotopic (exact) mass is 586 g/mol. The predicted octanol–water partition coefficient (Wildman–Crippen LogP) is 6.02. The Labute approximate surface area is 240 Å². The Morgan fingerprint density at radius 1 is 1.05 bits per heavy atom. The lowest BCUT2D eigenvalue weighted by Crippen LogP contribution is -2.24. The summed E-state index contributed by atoms with van der Waals surface area (Å²) in [4.78, 5) is 23.2. The molecule has 1 heterocycles. The Morgan fingerprint density at radius 3 is 2.44 bits per heavy atom. The van der Waals surface area contributed by atoms with Crippen LogP contribution in [0.1, 0.15) is 38.6 Å². The van der Waals surface area contributed by atoms with E-state index in [-0.39, 0.29) is 18.8 Å². The van der Waals surface area contributed by atoms with Crippen molar-refractivity contribution in [3.63, 3.8) is 0 Å². The van der Waals surface area contributed by atoms with Crippen molar-refractivity contribution in [1.29, 1.82) is 0 Å². The van der Waals surface area contributed by atoms with Crippen molar-refractivity contribution in [1.82, 2.24) is 5.43 Å². The van der Waals surface area contributed by atoms with Crippen LogP contribution in [0.5, 0.6) is 17.2 Å². The molecule has 11 heteroatoms. The molecule has 8 nitrogen and oxygen atoms in total. The third-order valence-corrected chi connectivity index (χ3v) is 8.85. The molecule has 0 aromatic heterocycles. The van der Waals surface area contributed by atoms with E-state index in [0.717, 1.165) is 17.1 Å². The van der Waals surface area contributed by atoms with Crippen molar-refractivity contribution < 1.29 is 28.9 Å². The molecule has 1 amide bonds. The number of rotatable bonds is 12. The zero-order valence-electron chi connectivity index (χ0n) is 21.1. The lowest BCUT2D eigenvalue weighted by Gasteiger charge is -2.14. The average molecular weight is 587 g/mol. The third-order valence-electron chi connectivity index (χ3n) is 5.46. The molecule has 3 aromatic rings. The first kappa shape index (κ1) is 28.7. The maximum atomic E-state index is 12.2. The van der Waals surface area contributed by atoms with E-state index in [4.69, 9.17) is 30.9 Å². The molecule has 4 rings (SSSR count).